The fraction of sp³-hybridized carbons (Fsp3) is 0.750. The van der Waals surface area contributed by atoms with Gasteiger partial charge in [-0.25, -0.2) is 4.98 Å². The molecule has 2 N–H and O–H groups in total. The normalized spacial score (nSPS) is 16.7. The molecule has 0 radical (unpaired) electrons. The fourth-order valence-electron chi connectivity index (χ4n) is 2.64. The Kier molecular flexibility index (Phi) is 7.66. The maximum Gasteiger partial charge on any atom is 0.191 e. The lowest BCUT2D eigenvalue weighted by atomic mass is 9.98. The molecule has 5 nitrogen and oxygen atoms in total. The van der Waals surface area contributed by atoms with Crippen LogP contribution >= 0.6 is 11.3 Å². The predicted molar refractivity (Wildman–Crippen MR) is 92.5 cm³/mol. The van der Waals surface area contributed by atoms with E-state index in [4.69, 9.17) is 4.74 Å². The summed E-state index contributed by atoms with van der Waals surface area (Å²) < 4.78 is 5.93. The highest BCUT2D eigenvalue weighted by Gasteiger charge is 2.12. The smallest absolute Gasteiger partial charge is 0.191 e. The zero-order valence-corrected chi connectivity index (χ0v) is 14.5. The van der Waals surface area contributed by atoms with Crippen molar-refractivity contribution < 1.29 is 4.74 Å². The molecule has 0 aromatic carbocycles. The zero-order valence-electron chi connectivity index (χ0n) is 13.7. The molecule has 6 heteroatoms. The SMILES string of the molecule is CN=C(NCCCOC1CCCCC1)NCc1scnc1C. The second kappa shape index (κ2) is 9.79. The second-order valence-corrected chi connectivity index (χ2v) is 6.64. The number of thiazole rings is 1. The summed E-state index contributed by atoms with van der Waals surface area (Å²) >= 11 is 1.67. The molecule has 0 amide bonds. The van der Waals surface area contributed by atoms with E-state index in [2.05, 4.69) is 20.6 Å². The number of aromatic nitrogens is 1. The highest BCUT2D eigenvalue weighted by atomic mass is 32.1. The number of rotatable bonds is 7. The van der Waals surface area contributed by atoms with Crippen molar-refractivity contribution in [3.63, 3.8) is 0 Å². The van der Waals surface area contributed by atoms with Crippen molar-refractivity contribution in [3.05, 3.63) is 16.1 Å². The van der Waals surface area contributed by atoms with Gasteiger partial charge in [-0.2, -0.15) is 0 Å². The Morgan fingerprint density at radius 1 is 1.36 bits per heavy atom. The van der Waals surface area contributed by atoms with Crippen molar-refractivity contribution in [1.82, 2.24) is 15.6 Å². The Labute approximate surface area is 137 Å². The largest absolute Gasteiger partial charge is 0.378 e. The molecule has 1 heterocycles. The van der Waals surface area contributed by atoms with Gasteiger partial charge in [0.2, 0.25) is 0 Å². The molecule has 0 saturated heterocycles. The minimum atomic E-state index is 0.500. The Bertz CT molecular complexity index is 455. The monoisotopic (exact) mass is 324 g/mol. The third kappa shape index (κ3) is 5.93. The summed E-state index contributed by atoms with van der Waals surface area (Å²) in [5, 5.41) is 6.65. The predicted octanol–water partition coefficient (Wildman–Crippen LogP) is 2.86. The third-order valence-corrected chi connectivity index (χ3v) is 4.94. The molecule has 1 aromatic heterocycles. The number of aryl methyl sites for hydroxylation is 1. The van der Waals surface area contributed by atoms with Gasteiger partial charge in [-0.3, -0.25) is 4.99 Å². The standard InChI is InChI=1S/C16H28N4OS/c1-13-15(22-12-20-13)11-19-16(17-2)18-9-6-10-21-14-7-4-3-5-8-14/h12,14H,3-11H2,1-2H3,(H2,17,18,19). The van der Waals surface area contributed by atoms with Crippen LogP contribution in [0.1, 0.15) is 49.1 Å². The van der Waals surface area contributed by atoms with Crippen molar-refractivity contribution in [2.24, 2.45) is 4.99 Å². The van der Waals surface area contributed by atoms with Crippen molar-refractivity contribution in [2.75, 3.05) is 20.2 Å². The summed E-state index contributed by atoms with van der Waals surface area (Å²) in [6.45, 7) is 4.53. The van der Waals surface area contributed by atoms with Crippen LogP contribution in [-0.4, -0.2) is 37.2 Å². The molecule has 0 atom stereocenters. The molecular formula is C16H28N4OS. The molecule has 0 unspecified atom stereocenters. The van der Waals surface area contributed by atoms with E-state index in [9.17, 15) is 0 Å². The summed E-state index contributed by atoms with van der Waals surface area (Å²) in [7, 11) is 1.80. The Morgan fingerprint density at radius 3 is 2.86 bits per heavy atom. The topological polar surface area (TPSA) is 58.5 Å². The number of hydrogen-bond donors (Lipinski definition) is 2. The highest BCUT2D eigenvalue weighted by molar-refractivity contribution is 7.09. The molecule has 0 bridgehead atoms. The van der Waals surface area contributed by atoms with Gasteiger partial charge in [-0.15, -0.1) is 11.3 Å². The Hall–Kier alpha value is -1.14. The second-order valence-electron chi connectivity index (χ2n) is 5.70. The molecule has 1 aromatic rings. The van der Waals surface area contributed by atoms with Crippen LogP contribution in [0.4, 0.5) is 0 Å². The molecule has 0 spiro atoms. The van der Waals surface area contributed by atoms with Crippen molar-refractivity contribution in [3.8, 4) is 0 Å². The minimum absolute atomic E-state index is 0.500. The quantitative estimate of drug-likeness (QED) is 0.460. The molecule has 0 aliphatic heterocycles. The summed E-state index contributed by atoms with van der Waals surface area (Å²) in [6.07, 6.45) is 8.03. The van der Waals surface area contributed by atoms with Gasteiger partial charge in [0, 0.05) is 25.1 Å². The van der Waals surface area contributed by atoms with Gasteiger partial charge in [0.05, 0.1) is 23.9 Å². The first-order chi connectivity index (χ1) is 10.8. The van der Waals surface area contributed by atoms with E-state index in [0.29, 0.717) is 6.10 Å². The molecule has 2 rings (SSSR count). The number of nitrogens with one attached hydrogen (secondary N) is 2. The molecule has 124 valence electrons. The van der Waals surface area contributed by atoms with Crippen molar-refractivity contribution in [2.45, 2.75) is 58.1 Å². The summed E-state index contributed by atoms with van der Waals surface area (Å²) in [4.78, 5) is 9.75. The van der Waals surface area contributed by atoms with E-state index in [-0.39, 0.29) is 0 Å². The van der Waals surface area contributed by atoms with Crippen molar-refractivity contribution in [1.29, 1.82) is 0 Å². The zero-order chi connectivity index (χ0) is 15.6. The van der Waals surface area contributed by atoms with E-state index < -0.39 is 0 Å². The van der Waals surface area contributed by atoms with Crippen LogP contribution in [0.25, 0.3) is 0 Å². The number of nitrogens with zero attached hydrogens (tertiary/aromatic N) is 2. The lowest BCUT2D eigenvalue weighted by Crippen LogP contribution is -2.37. The van der Waals surface area contributed by atoms with Gasteiger partial charge in [0.15, 0.2) is 5.96 Å². The van der Waals surface area contributed by atoms with Gasteiger partial charge in [0.25, 0.3) is 0 Å². The van der Waals surface area contributed by atoms with Crippen LogP contribution in [0.5, 0.6) is 0 Å². The Morgan fingerprint density at radius 2 is 2.18 bits per heavy atom. The summed E-state index contributed by atoms with van der Waals surface area (Å²) in [6, 6.07) is 0. The van der Waals surface area contributed by atoms with Crippen molar-refractivity contribution >= 4 is 17.3 Å². The molecule has 1 saturated carbocycles. The average molecular weight is 324 g/mol. The van der Waals surface area contributed by atoms with Crippen LogP contribution in [0.3, 0.4) is 0 Å². The van der Waals surface area contributed by atoms with Crippen LogP contribution in [-0.2, 0) is 11.3 Å². The first-order valence-electron chi connectivity index (χ1n) is 8.24. The van der Waals surface area contributed by atoms with E-state index in [0.717, 1.165) is 37.8 Å². The Balaban J connectivity index is 1.55. The number of ether oxygens (including phenoxy) is 1. The van der Waals surface area contributed by atoms with E-state index >= 15 is 0 Å². The highest BCUT2D eigenvalue weighted by Crippen LogP contribution is 2.20. The molecule has 1 aliphatic carbocycles. The molecule has 1 fully saturated rings. The average Bonchev–Trinajstić information content (AvgIpc) is 2.96. The van der Waals surface area contributed by atoms with E-state index in [1.807, 2.05) is 12.4 Å². The van der Waals surface area contributed by atoms with Crippen LogP contribution in [0.2, 0.25) is 0 Å². The summed E-state index contributed by atoms with van der Waals surface area (Å²) in [5.74, 6) is 0.838. The van der Waals surface area contributed by atoms with Gasteiger partial charge < -0.3 is 15.4 Å². The van der Waals surface area contributed by atoms with Crippen LogP contribution in [0, 0.1) is 6.92 Å². The minimum Gasteiger partial charge on any atom is -0.378 e. The van der Waals surface area contributed by atoms with E-state index in [1.165, 1.54) is 37.0 Å². The maximum absolute atomic E-state index is 5.93. The molecule has 22 heavy (non-hydrogen) atoms. The number of guanidine groups is 1. The first-order valence-corrected chi connectivity index (χ1v) is 9.12. The van der Waals surface area contributed by atoms with Crippen LogP contribution in [0.15, 0.2) is 10.5 Å². The van der Waals surface area contributed by atoms with Gasteiger partial charge in [0.1, 0.15) is 0 Å². The van der Waals surface area contributed by atoms with Gasteiger partial charge in [-0.05, 0) is 26.2 Å². The van der Waals surface area contributed by atoms with Gasteiger partial charge in [-0.1, -0.05) is 19.3 Å². The van der Waals surface area contributed by atoms with E-state index in [1.54, 1.807) is 18.4 Å². The summed E-state index contributed by atoms with van der Waals surface area (Å²) in [5.41, 5.74) is 2.97. The lowest BCUT2D eigenvalue weighted by Gasteiger charge is -2.22. The maximum atomic E-state index is 5.93. The van der Waals surface area contributed by atoms with Crippen LogP contribution < -0.4 is 10.6 Å². The fourth-order valence-corrected chi connectivity index (χ4v) is 3.36. The van der Waals surface area contributed by atoms with Gasteiger partial charge >= 0.3 is 0 Å². The lowest BCUT2D eigenvalue weighted by molar-refractivity contribution is 0.0277. The molecular weight excluding hydrogens is 296 g/mol. The number of hydrogen-bond acceptors (Lipinski definition) is 4. The third-order valence-electron chi connectivity index (χ3n) is 4.00. The molecule has 1 aliphatic rings. The number of aliphatic imine (C=N–C) groups is 1. The first kappa shape index (κ1) is 17.2.